The summed E-state index contributed by atoms with van der Waals surface area (Å²) < 4.78 is 14.7. The van der Waals surface area contributed by atoms with E-state index in [-0.39, 0.29) is 12.8 Å². The Balaban J connectivity index is 2.46. The average Bonchev–Trinajstić information content (AvgIpc) is 2.39. The first kappa shape index (κ1) is 13.7. The number of carbonyl (C=O) groups excluding carboxylic acids is 1. The Morgan fingerprint density at radius 2 is 1.94 bits per heavy atom. The number of esters is 1. The van der Waals surface area contributed by atoms with Crippen LogP contribution in [0.5, 0.6) is 0 Å². The molecule has 0 N–H and O–H groups in total. The second-order valence-corrected chi connectivity index (χ2v) is 3.61. The fraction of sp³-hybridized carbons (Fsp3) is 0.462. The van der Waals surface area contributed by atoms with Crippen molar-refractivity contribution in [1.82, 2.24) is 0 Å². The van der Waals surface area contributed by atoms with E-state index in [1.807, 2.05) is 30.3 Å². The molecule has 0 aliphatic rings. The first-order valence-corrected chi connectivity index (χ1v) is 5.50. The SMILES string of the molecule is COCO[C@@H](CCc1ccccc1)C(=O)OC. The highest BCUT2D eigenvalue weighted by Crippen LogP contribution is 2.08. The summed E-state index contributed by atoms with van der Waals surface area (Å²) in [7, 11) is 2.87. The molecule has 0 saturated carbocycles. The van der Waals surface area contributed by atoms with Crippen LogP contribution in [-0.2, 0) is 25.4 Å². The average molecular weight is 238 g/mol. The molecule has 0 spiro atoms. The first-order valence-electron chi connectivity index (χ1n) is 5.50. The maximum absolute atomic E-state index is 11.4. The first-order chi connectivity index (χ1) is 8.27. The minimum atomic E-state index is -0.569. The number of benzene rings is 1. The van der Waals surface area contributed by atoms with Crippen molar-refractivity contribution in [3.63, 3.8) is 0 Å². The van der Waals surface area contributed by atoms with Gasteiger partial charge in [-0.05, 0) is 18.4 Å². The van der Waals surface area contributed by atoms with Crippen LogP contribution in [0.15, 0.2) is 30.3 Å². The number of carbonyl (C=O) groups is 1. The fourth-order valence-corrected chi connectivity index (χ4v) is 1.49. The molecule has 1 aromatic rings. The minimum Gasteiger partial charge on any atom is -0.467 e. The third-order valence-corrected chi connectivity index (χ3v) is 2.39. The molecule has 0 aliphatic carbocycles. The third kappa shape index (κ3) is 4.97. The summed E-state index contributed by atoms with van der Waals surface area (Å²) in [6, 6.07) is 9.94. The number of aryl methyl sites for hydroxylation is 1. The lowest BCUT2D eigenvalue weighted by Gasteiger charge is -2.14. The van der Waals surface area contributed by atoms with Gasteiger partial charge in [-0.2, -0.15) is 0 Å². The van der Waals surface area contributed by atoms with Crippen molar-refractivity contribution in [1.29, 1.82) is 0 Å². The molecule has 0 aliphatic heterocycles. The number of hydrogen-bond acceptors (Lipinski definition) is 4. The zero-order valence-electron chi connectivity index (χ0n) is 10.2. The van der Waals surface area contributed by atoms with Crippen LogP contribution in [0.2, 0.25) is 0 Å². The van der Waals surface area contributed by atoms with Crippen molar-refractivity contribution in [2.75, 3.05) is 21.0 Å². The van der Waals surface area contributed by atoms with E-state index in [0.717, 1.165) is 6.42 Å². The molecule has 4 nitrogen and oxygen atoms in total. The van der Waals surface area contributed by atoms with E-state index in [0.29, 0.717) is 6.42 Å². The molecule has 0 unspecified atom stereocenters. The molecule has 1 atom stereocenters. The smallest absolute Gasteiger partial charge is 0.335 e. The summed E-state index contributed by atoms with van der Waals surface area (Å²) in [6.07, 6.45) is 0.782. The quantitative estimate of drug-likeness (QED) is 0.536. The Morgan fingerprint density at radius 3 is 2.53 bits per heavy atom. The third-order valence-electron chi connectivity index (χ3n) is 2.39. The molecular formula is C13H18O4. The molecular weight excluding hydrogens is 220 g/mol. The van der Waals surface area contributed by atoms with Gasteiger partial charge in [0.1, 0.15) is 6.79 Å². The molecule has 0 aromatic heterocycles. The summed E-state index contributed by atoms with van der Waals surface area (Å²) in [6.45, 7) is 0.0918. The Kier molecular flexibility index (Phi) is 6.29. The predicted octanol–water partition coefficient (Wildman–Crippen LogP) is 1.78. The summed E-state index contributed by atoms with van der Waals surface area (Å²) >= 11 is 0. The topological polar surface area (TPSA) is 44.8 Å². The number of rotatable bonds is 7. The van der Waals surface area contributed by atoms with Crippen molar-refractivity contribution in [2.24, 2.45) is 0 Å². The Hall–Kier alpha value is -1.39. The molecule has 0 heterocycles. The molecule has 0 radical (unpaired) electrons. The lowest BCUT2D eigenvalue weighted by Crippen LogP contribution is -2.27. The number of hydrogen-bond donors (Lipinski definition) is 0. The van der Waals surface area contributed by atoms with Gasteiger partial charge in [0.15, 0.2) is 6.10 Å². The van der Waals surface area contributed by atoms with Crippen LogP contribution < -0.4 is 0 Å². The molecule has 0 saturated heterocycles. The molecule has 0 fully saturated rings. The van der Waals surface area contributed by atoms with Gasteiger partial charge in [0.25, 0.3) is 0 Å². The van der Waals surface area contributed by atoms with Crippen molar-refractivity contribution >= 4 is 5.97 Å². The van der Waals surface area contributed by atoms with Gasteiger partial charge in [0, 0.05) is 7.11 Å². The molecule has 1 rings (SSSR count). The zero-order chi connectivity index (χ0) is 12.5. The van der Waals surface area contributed by atoms with E-state index in [1.54, 1.807) is 0 Å². The molecule has 4 heteroatoms. The molecule has 0 amide bonds. The van der Waals surface area contributed by atoms with Gasteiger partial charge in [0.05, 0.1) is 7.11 Å². The van der Waals surface area contributed by atoms with Gasteiger partial charge in [-0.1, -0.05) is 30.3 Å². The summed E-state index contributed by atoms with van der Waals surface area (Å²) in [4.78, 5) is 11.4. The van der Waals surface area contributed by atoms with Gasteiger partial charge in [0.2, 0.25) is 0 Å². The number of ether oxygens (including phenoxy) is 3. The van der Waals surface area contributed by atoms with Crippen LogP contribution in [0.4, 0.5) is 0 Å². The Labute approximate surface area is 101 Å². The summed E-state index contributed by atoms with van der Waals surface area (Å²) in [5.74, 6) is -0.363. The highest BCUT2D eigenvalue weighted by molar-refractivity contribution is 5.74. The monoisotopic (exact) mass is 238 g/mol. The second kappa shape index (κ2) is 7.81. The fourth-order valence-electron chi connectivity index (χ4n) is 1.49. The lowest BCUT2D eigenvalue weighted by atomic mass is 10.1. The van der Waals surface area contributed by atoms with E-state index in [2.05, 4.69) is 4.74 Å². The van der Waals surface area contributed by atoms with Crippen LogP contribution in [0, 0.1) is 0 Å². The van der Waals surface area contributed by atoms with E-state index >= 15 is 0 Å². The molecule has 17 heavy (non-hydrogen) atoms. The highest BCUT2D eigenvalue weighted by Gasteiger charge is 2.19. The summed E-state index contributed by atoms with van der Waals surface area (Å²) in [5.41, 5.74) is 1.17. The van der Waals surface area contributed by atoms with Crippen molar-refractivity contribution in [3.05, 3.63) is 35.9 Å². The van der Waals surface area contributed by atoms with Crippen molar-refractivity contribution in [2.45, 2.75) is 18.9 Å². The Morgan fingerprint density at radius 1 is 1.24 bits per heavy atom. The normalized spacial score (nSPS) is 12.1. The standard InChI is InChI=1S/C13H18O4/c1-15-10-17-12(13(14)16-2)9-8-11-6-4-3-5-7-11/h3-7,12H,8-10H2,1-2H3/t12-/m0/s1. The summed E-state index contributed by atoms with van der Waals surface area (Å²) in [5, 5.41) is 0. The van der Waals surface area contributed by atoms with Gasteiger partial charge in [-0.25, -0.2) is 4.79 Å². The van der Waals surface area contributed by atoms with Crippen LogP contribution in [0.25, 0.3) is 0 Å². The molecule has 1 aromatic carbocycles. The number of methoxy groups -OCH3 is 2. The highest BCUT2D eigenvalue weighted by atomic mass is 16.7. The van der Waals surface area contributed by atoms with Gasteiger partial charge >= 0.3 is 5.97 Å². The van der Waals surface area contributed by atoms with Gasteiger partial charge < -0.3 is 14.2 Å². The zero-order valence-corrected chi connectivity index (χ0v) is 10.2. The maximum Gasteiger partial charge on any atom is 0.335 e. The van der Waals surface area contributed by atoms with Crippen LogP contribution in [-0.4, -0.2) is 33.1 Å². The Bertz CT molecular complexity index is 323. The van der Waals surface area contributed by atoms with Crippen LogP contribution in [0.1, 0.15) is 12.0 Å². The van der Waals surface area contributed by atoms with E-state index in [1.165, 1.54) is 19.8 Å². The lowest BCUT2D eigenvalue weighted by molar-refractivity contribution is -0.162. The predicted molar refractivity (Wildman–Crippen MR) is 63.5 cm³/mol. The largest absolute Gasteiger partial charge is 0.467 e. The van der Waals surface area contributed by atoms with Crippen molar-refractivity contribution < 1.29 is 19.0 Å². The van der Waals surface area contributed by atoms with E-state index < -0.39 is 6.10 Å². The molecule has 94 valence electrons. The van der Waals surface area contributed by atoms with E-state index in [9.17, 15) is 4.79 Å². The maximum atomic E-state index is 11.4. The van der Waals surface area contributed by atoms with Crippen LogP contribution in [0.3, 0.4) is 0 Å². The minimum absolute atomic E-state index is 0.0918. The van der Waals surface area contributed by atoms with E-state index in [4.69, 9.17) is 9.47 Å². The second-order valence-electron chi connectivity index (χ2n) is 3.61. The van der Waals surface area contributed by atoms with Crippen molar-refractivity contribution in [3.8, 4) is 0 Å². The van der Waals surface area contributed by atoms with Gasteiger partial charge in [-0.3, -0.25) is 0 Å². The van der Waals surface area contributed by atoms with Crippen LogP contribution >= 0.6 is 0 Å². The van der Waals surface area contributed by atoms with Gasteiger partial charge in [-0.15, -0.1) is 0 Å². The molecule has 0 bridgehead atoms.